The van der Waals surface area contributed by atoms with Gasteiger partial charge in [-0.25, -0.2) is 4.79 Å². The van der Waals surface area contributed by atoms with Crippen LogP contribution in [0.15, 0.2) is 27.4 Å². The summed E-state index contributed by atoms with van der Waals surface area (Å²) in [4.78, 5) is 21.7. The number of hydrogen-bond donors (Lipinski definition) is 1. The molecule has 21 heavy (non-hydrogen) atoms. The number of hydrogen-bond acceptors (Lipinski definition) is 6. The lowest BCUT2D eigenvalue weighted by molar-refractivity contribution is -0.528. The fraction of sp³-hybridized carbons (Fsp3) is 0.462. The first-order valence-corrected chi connectivity index (χ1v) is 6.37. The Morgan fingerprint density at radius 2 is 2.24 bits per heavy atom. The number of carboxylic acid groups (broad SMARTS) is 1. The second-order valence-electron chi connectivity index (χ2n) is 5.00. The minimum atomic E-state index is -1.55. The summed E-state index contributed by atoms with van der Waals surface area (Å²) in [5, 5.41) is 20.2. The first kappa shape index (κ1) is 11.2. The predicted molar refractivity (Wildman–Crippen MR) is 68.5 cm³/mol. The van der Waals surface area contributed by atoms with Gasteiger partial charge >= 0.3 is 6.16 Å². The van der Waals surface area contributed by atoms with Crippen LogP contribution >= 0.6 is 0 Å². The van der Waals surface area contributed by atoms with Gasteiger partial charge in [-0.2, -0.15) is 0 Å². The van der Waals surface area contributed by atoms with Gasteiger partial charge in [-0.05, 0) is 18.9 Å². The lowest BCUT2D eigenvalue weighted by Crippen LogP contribution is -2.39. The highest BCUT2D eigenvalue weighted by atomic mass is 16.7. The minimum absolute atomic E-state index is 0.0378. The van der Waals surface area contributed by atoms with Crippen LogP contribution in [0.1, 0.15) is 34.0 Å². The third kappa shape index (κ3) is 2.22. The summed E-state index contributed by atoms with van der Waals surface area (Å²) < 4.78 is 31.0. The number of carbonyl (C=O) groups is 1. The van der Waals surface area contributed by atoms with Crippen molar-refractivity contribution < 1.29 is 31.1 Å². The van der Waals surface area contributed by atoms with Gasteiger partial charge in [-0.1, -0.05) is 0 Å². The van der Waals surface area contributed by atoms with E-state index in [0.717, 1.165) is 6.26 Å². The fourth-order valence-electron chi connectivity index (χ4n) is 2.83. The van der Waals surface area contributed by atoms with Gasteiger partial charge < -0.3 is 18.7 Å². The van der Waals surface area contributed by atoms with E-state index in [0.29, 0.717) is 0 Å². The highest BCUT2D eigenvalue weighted by Gasteiger charge is 2.45. The van der Waals surface area contributed by atoms with E-state index in [1.165, 1.54) is 0 Å². The molecule has 1 aliphatic rings. The normalized spacial score (nSPS) is 27.1. The summed E-state index contributed by atoms with van der Waals surface area (Å²) in [6.07, 6.45) is -0.489. The molecule has 0 radical (unpaired) electrons. The Labute approximate surface area is 121 Å². The molecule has 0 bridgehead atoms. The van der Waals surface area contributed by atoms with Crippen molar-refractivity contribution in [3.8, 4) is 0 Å². The number of nitro groups is 1. The third-order valence-corrected chi connectivity index (χ3v) is 3.87. The summed E-state index contributed by atoms with van der Waals surface area (Å²) in [5.41, 5.74) is -1.34. The topological polar surface area (TPSA) is 116 Å². The summed E-state index contributed by atoms with van der Waals surface area (Å²) in [7, 11) is 0. The van der Waals surface area contributed by atoms with Gasteiger partial charge in [0, 0.05) is 23.3 Å². The first-order valence-electron chi connectivity index (χ1n) is 7.37. The van der Waals surface area contributed by atoms with Crippen molar-refractivity contribution in [3.63, 3.8) is 0 Å². The van der Waals surface area contributed by atoms with E-state index < -0.39 is 22.7 Å². The maximum Gasteiger partial charge on any atom is 0.506 e. The van der Waals surface area contributed by atoms with Crippen molar-refractivity contribution in [3.05, 3.63) is 34.2 Å². The molecule has 2 aromatic rings. The molecule has 1 saturated carbocycles. The molecular weight excluding hydrogens is 282 g/mol. The summed E-state index contributed by atoms with van der Waals surface area (Å²) in [6, 6.07) is -0.834. The van der Waals surface area contributed by atoms with Crippen molar-refractivity contribution in [2.45, 2.75) is 37.3 Å². The lowest BCUT2D eigenvalue weighted by Gasteiger charge is -2.35. The van der Waals surface area contributed by atoms with E-state index in [9.17, 15) is 14.9 Å². The lowest BCUT2D eigenvalue weighted by atomic mass is 9.77. The molecule has 0 aliphatic heterocycles. The fourth-order valence-corrected chi connectivity index (χ4v) is 2.83. The van der Waals surface area contributed by atoms with Crippen LogP contribution in [-0.4, -0.2) is 22.2 Å². The van der Waals surface area contributed by atoms with Gasteiger partial charge in [-0.15, -0.1) is 0 Å². The highest BCUT2D eigenvalue weighted by molar-refractivity contribution is 5.78. The average Bonchev–Trinajstić information content (AvgIpc) is 2.98. The van der Waals surface area contributed by atoms with Gasteiger partial charge in [0.25, 0.3) is 5.78 Å². The first-order chi connectivity index (χ1) is 10.8. The molecule has 1 fully saturated rings. The zero-order chi connectivity index (χ0) is 16.8. The van der Waals surface area contributed by atoms with E-state index in [2.05, 4.69) is 0 Å². The van der Waals surface area contributed by atoms with Crippen LogP contribution in [0.25, 0.3) is 11.2 Å². The van der Waals surface area contributed by atoms with Gasteiger partial charge in [0.05, 0.1) is 13.0 Å². The van der Waals surface area contributed by atoms with Crippen molar-refractivity contribution in [2.75, 3.05) is 0 Å². The van der Waals surface area contributed by atoms with Gasteiger partial charge in [0.2, 0.25) is 6.04 Å². The second-order valence-corrected chi connectivity index (χ2v) is 5.00. The van der Waals surface area contributed by atoms with Crippen LogP contribution in [0.2, 0.25) is 0 Å². The molecule has 0 unspecified atom stereocenters. The Morgan fingerprint density at radius 3 is 2.86 bits per heavy atom. The molecule has 0 spiro atoms. The quantitative estimate of drug-likeness (QED) is 0.525. The van der Waals surface area contributed by atoms with Crippen LogP contribution in [0.5, 0.6) is 0 Å². The number of nitrogens with zero attached hydrogens (tertiary/aromatic N) is 1. The largest absolute Gasteiger partial charge is 0.506 e. The zero-order valence-corrected chi connectivity index (χ0v) is 10.8. The van der Waals surface area contributed by atoms with E-state index in [-0.39, 0.29) is 54.7 Å². The van der Waals surface area contributed by atoms with Gasteiger partial charge in [0.1, 0.15) is 13.2 Å². The maximum atomic E-state index is 11.1. The summed E-state index contributed by atoms with van der Waals surface area (Å²) in [5.74, 6) is -0.0558. The number of ether oxygens (including phenoxy) is 1. The smallest absolute Gasteiger partial charge is 0.450 e. The number of furan rings is 2. The molecule has 0 amide bonds. The number of rotatable bonds is 3. The van der Waals surface area contributed by atoms with Gasteiger partial charge in [0.15, 0.2) is 0 Å². The van der Waals surface area contributed by atoms with Crippen LogP contribution in [0.3, 0.4) is 0 Å². The molecule has 0 saturated heterocycles. The van der Waals surface area contributed by atoms with E-state index >= 15 is 0 Å². The van der Waals surface area contributed by atoms with E-state index in [1.54, 1.807) is 0 Å². The molecule has 2 heterocycles. The highest BCUT2D eigenvalue weighted by Crippen LogP contribution is 2.44. The second kappa shape index (κ2) is 4.80. The minimum Gasteiger partial charge on any atom is -0.450 e. The Hall–Kier alpha value is -2.51. The van der Waals surface area contributed by atoms with Crippen LogP contribution in [-0.2, 0) is 10.3 Å². The molecule has 3 rings (SSSR count). The molecule has 8 nitrogen and oxygen atoms in total. The molecule has 8 heteroatoms. The van der Waals surface area contributed by atoms with Crippen LogP contribution in [0.4, 0.5) is 4.79 Å². The van der Waals surface area contributed by atoms with Gasteiger partial charge in [-0.3, -0.25) is 10.1 Å². The molecule has 2 aromatic heterocycles. The summed E-state index contributed by atoms with van der Waals surface area (Å²) in [6.45, 7) is 0. The molecule has 0 atom stereocenters. The van der Waals surface area contributed by atoms with Crippen LogP contribution < -0.4 is 0 Å². The molecule has 0 aromatic carbocycles. The Kier molecular flexibility index (Phi) is 2.55. The number of fused-ring (bicyclic) bond motifs is 1. The predicted octanol–water partition coefficient (Wildman–Crippen LogP) is 3.14. The van der Waals surface area contributed by atoms with Crippen molar-refractivity contribution >= 4 is 17.3 Å². The van der Waals surface area contributed by atoms with E-state index in [1.807, 2.05) is 0 Å². The molecule has 1 aliphatic carbocycles. The average molecular weight is 297 g/mol. The van der Waals surface area contributed by atoms with Crippen molar-refractivity contribution in [2.24, 2.45) is 0 Å². The summed E-state index contributed by atoms with van der Waals surface area (Å²) >= 11 is 0. The van der Waals surface area contributed by atoms with E-state index in [4.69, 9.17) is 21.4 Å². The van der Waals surface area contributed by atoms with Crippen LogP contribution in [0, 0.1) is 10.1 Å². The monoisotopic (exact) mass is 297 g/mol. The van der Waals surface area contributed by atoms with Crippen molar-refractivity contribution in [1.29, 1.82) is 0 Å². The molecule has 1 N–H and O–H groups in total. The Balaban J connectivity index is 2.09. The maximum absolute atomic E-state index is 11.1. The third-order valence-electron chi connectivity index (χ3n) is 3.87. The Morgan fingerprint density at radius 1 is 1.52 bits per heavy atom. The van der Waals surface area contributed by atoms with Crippen molar-refractivity contribution in [1.82, 2.24) is 0 Å². The molecule has 112 valence electrons. The standard InChI is InChI=1S/C13H13NO7/c15-12(16)21-13(4-1-8(2-5-13)14(17)18)10-7-20-11-9(10)3-6-19-11/h3,6-8H,1-2,4-5H2,(H,15,16)/i3D,7D. The Bertz CT molecular complexity index is 773. The molecular formula is C13H13NO7. The zero-order valence-electron chi connectivity index (χ0n) is 12.8. The SMILES string of the molecule is [2H]c1oc2occ([2H])c2c1C1(OC(=O)O)CCC([N+](=O)[O-])CC1.